The first-order valence-electron chi connectivity index (χ1n) is 6.10. The molecule has 0 aromatic carbocycles. The maximum Gasteiger partial charge on any atom is 0.270 e. The van der Waals surface area contributed by atoms with Crippen LogP contribution in [-0.4, -0.2) is 22.3 Å². The molecule has 2 aromatic heterocycles. The van der Waals surface area contributed by atoms with E-state index in [2.05, 4.69) is 30.3 Å². The average Bonchev–Trinajstić information content (AvgIpc) is 2.99. The predicted molar refractivity (Wildman–Crippen MR) is 74.7 cm³/mol. The number of hydrogen-bond acceptors (Lipinski definition) is 2. The van der Waals surface area contributed by atoms with Gasteiger partial charge in [-0.3, -0.25) is 4.79 Å². The molecule has 18 heavy (non-hydrogen) atoms. The second kappa shape index (κ2) is 5.87. The zero-order valence-corrected chi connectivity index (χ0v) is 11.5. The quantitative estimate of drug-likeness (QED) is 0.881. The van der Waals surface area contributed by atoms with Crippen molar-refractivity contribution in [1.29, 1.82) is 0 Å². The predicted octanol–water partition coefficient (Wildman–Crippen LogP) is 3.37. The third-order valence-corrected chi connectivity index (χ3v) is 3.39. The van der Waals surface area contributed by atoms with Gasteiger partial charge in [0.2, 0.25) is 0 Å². The third kappa shape index (κ3) is 3.23. The van der Waals surface area contributed by atoms with Crippen molar-refractivity contribution in [3.8, 4) is 0 Å². The SMILES string of the molecule is CC(C)CN(Cc1ccsc1)C(=O)c1ccc[nH]1. The Morgan fingerprint density at radius 3 is 2.83 bits per heavy atom. The van der Waals surface area contributed by atoms with Gasteiger partial charge in [0.05, 0.1) is 0 Å². The molecule has 96 valence electrons. The number of hydrogen-bond donors (Lipinski definition) is 1. The highest BCUT2D eigenvalue weighted by Gasteiger charge is 2.17. The molecule has 0 unspecified atom stereocenters. The summed E-state index contributed by atoms with van der Waals surface area (Å²) in [5, 5.41) is 4.14. The summed E-state index contributed by atoms with van der Waals surface area (Å²) in [5.74, 6) is 0.530. The van der Waals surface area contributed by atoms with Crippen molar-refractivity contribution < 1.29 is 4.79 Å². The van der Waals surface area contributed by atoms with Crippen LogP contribution >= 0.6 is 11.3 Å². The molecular formula is C14H18N2OS. The highest BCUT2D eigenvalue weighted by Crippen LogP contribution is 2.13. The van der Waals surface area contributed by atoms with E-state index in [1.54, 1.807) is 17.5 Å². The monoisotopic (exact) mass is 262 g/mol. The number of carbonyl (C=O) groups is 1. The molecule has 0 atom stereocenters. The minimum atomic E-state index is 0.0694. The van der Waals surface area contributed by atoms with Gasteiger partial charge >= 0.3 is 0 Å². The van der Waals surface area contributed by atoms with Gasteiger partial charge in [0.15, 0.2) is 0 Å². The van der Waals surface area contributed by atoms with Crippen LogP contribution in [0.5, 0.6) is 0 Å². The number of H-pyrrole nitrogens is 1. The Morgan fingerprint density at radius 2 is 2.28 bits per heavy atom. The van der Waals surface area contributed by atoms with Crippen LogP contribution in [0.25, 0.3) is 0 Å². The smallest absolute Gasteiger partial charge is 0.270 e. The van der Waals surface area contributed by atoms with Crippen molar-refractivity contribution in [3.63, 3.8) is 0 Å². The van der Waals surface area contributed by atoms with Gasteiger partial charge in [-0.1, -0.05) is 13.8 Å². The number of amides is 1. The molecule has 1 amide bonds. The Morgan fingerprint density at radius 1 is 1.44 bits per heavy atom. The van der Waals surface area contributed by atoms with Crippen molar-refractivity contribution in [3.05, 3.63) is 46.4 Å². The number of rotatable bonds is 5. The van der Waals surface area contributed by atoms with Crippen LogP contribution in [0.15, 0.2) is 35.2 Å². The van der Waals surface area contributed by atoms with E-state index in [4.69, 9.17) is 0 Å². The fraction of sp³-hybridized carbons (Fsp3) is 0.357. The van der Waals surface area contributed by atoms with Gasteiger partial charge in [0.25, 0.3) is 5.91 Å². The Balaban J connectivity index is 2.12. The summed E-state index contributed by atoms with van der Waals surface area (Å²) in [6.45, 7) is 5.71. The van der Waals surface area contributed by atoms with E-state index in [9.17, 15) is 4.79 Å². The summed E-state index contributed by atoms with van der Waals surface area (Å²) in [6.07, 6.45) is 1.78. The largest absolute Gasteiger partial charge is 0.357 e. The number of aromatic amines is 1. The molecule has 0 saturated heterocycles. The van der Waals surface area contributed by atoms with Crippen molar-refractivity contribution in [2.75, 3.05) is 6.54 Å². The summed E-state index contributed by atoms with van der Waals surface area (Å²) in [6, 6.07) is 5.74. The molecule has 0 saturated carbocycles. The second-order valence-electron chi connectivity index (χ2n) is 4.79. The summed E-state index contributed by atoms with van der Waals surface area (Å²) in [4.78, 5) is 17.2. The van der Waals surface area contributed by atoms with E-state index >= 15 is 0 Å². The molecule has 0 spiro atoms. The number of carbonyl (C=O) groups excluding carboxylic acids is 1. The van der Waals surface area contributed by atoms with Crippen LogP contribution in [0.4, 0.5) is 0 Å². The molecule has 0 aliphatic carbocycles. The molecule has 2 aromatic rings. The summed E-state index contributed by atoms with van der Waals surface area (Å²) < 4.78 is 0. The molecule has 3 nitrogen and oxygen atoms in total. The zero-order valence-electron chi connectivity index (χ0n) is 10.7. The van der Waals surface area contributed by atoms with Crippen molar-refractivity contribution in [1.82, 2.24) is 9.88 Å². The molecule has 0 aliphatic heterocycles. The first kappa shape index (κ1) is 12.9. The van der Waals surface area contributed by atoms with E-state index < -0.39 is 0 Å². The van der Waals surface area contributed by atoms with Crippen molar-refractivity contribution in [2.45, 2.75) is 20.4 Å². The van der Waals surface area contributed by atoms with Crippen LogP contribution in [0.1, 0.15) is 29.9 Å². The van der Waals surface area contributed by atoms with Crippen molar-refractivity contribution in [2.24, 2.45) is 5.92 Å². The highest BCUT2D eigenvalue weighted by molar-refractivity contribution is 7.07. The fourth-order valence-corrected chi connectivity index (χ4v) is 2.56. The molecule has 0 fully saturated rings. The van der Waals surface area contributed by atoms with E-state index in [-0.39, 0.29) is 5.91 Å². The lowest BCUT2D eigenvalue weighted by molar-refractivity contribution is 0.0717. The minimum Gasteiger partial charge on any atom is -0.357 e. The Labute approximate surface area is 111 Å². The normalized spacial score (nSPS) is 10.8. The first-order valence-corrected chi connectivity index (χ1v) is 7.05. The third-order valence-electron chi connectivity index (χ3n) is 2.65. The number of aromatic nitrogens is 1. The standard InChI is InChI=1S/C14H18N2OS/c1-11(2)8-16(9-12-5-7-18-10-12)14(17)13-4-3-6-15-13/h3-7,10-11,15H,8-9H2,1-2H3. The first-order chi connectivity index (χ1) is 8.66. The van der Waals surface area contributed by atoms with Crippen LogP contribution in [-0.2, 0) is 6.54 Å². The molecule has 4 heteroatoms. The molecule has 0 aliphatic rings. The summed E-state index contributed by atoms with van der Waals surface area (Å²) in [5.41, 5.74) is 1.85. The van der Waals surface area contributed by atoms with E-state index in [1.807, 2.05) is 22.4 Å². The van der Waals surface area contributed by atoms with Gasteiger partial charge in [-0.05, 0) is 40.4 Å². The molecule has 1 N–H and O–H groups in total. The van der Waals surface area contributed by atoms with Gasteiger partial charge in [-0.15, -0.1) is 0 Å². The van der Waals surface area contributed by atoms with Gasteiger partial charge in [-0.25, -0.2) is 0 Å². The van der Waals surface area contributed by atoms with Gasteiger partial charge in [0, 0.05) is 19.3 Å². The zero-order chi connectivity index (χ0) is 13.0. The van der Waals surface area contributed by atoms with E-state index in [0.29, 0.717) is 18.2 Å². The molecule has 2 rings (SSSR count). The van der Waals surface area contributed by atoms with Crippen LogP contribution in [0.3, 0.4) is 0 Å². The minimum absolute atomic E-state index is 0.0694. The van der Waals surface area contributed by atoms with Gasteiger partial charge in [-0.2, -0.15) is 11.3 Å². The lowest BCUT2D eigenvalue weighted by atomic mass is 10.2. The Kier molecular flexibility index (Phi) is 4.20. The van der Waals surface area contributed by atoms with Crippen LogP contribution in [0, 0.1) is 5.92 Å². The van der Waals surface area contributed by atoms with Crippen LogP contribution < -0.4 is 0 Å². The Hall–Kier alpha value is -1.55. The number of nitrogens with zero attached hydrogens (tertiary/aromatic N) is 1. The topological polar surface area (TPSA) is 36.1 Å². The highest BCUT2D eigenvalue weighted by atomic mass is 32.1. The average molecular weight is 262 g/mol. The molecular weight excluding hydrogens is 244 g/mol. The van der Waals surface area contributed by atoms with Gasteiger partial charge in [0.1, 0.15) is 5.69 Å². The van der Waals surface area contributed by atoms with Gasteiger partial charge < -0.3 is 9.88 Å². The number of nitrogens with one attached hydrogen (secondary N) is 1. The number of thiophene rings is 1. The second-order valence-corrected chi connectivity index (χ2v) is 5.57. The maximum atomic E-state index is 12.4. The molecule has 2 heterocycles. The lowest BCUT2D eigenvalue weighted by Gasteiger charge is -2.23. The molecule has 0 bridgehead atoms. The van der Waals surface area contributed by atoms with E-state index in [1.165, 1.54) is 5.56 Å². The van der Waals surface area contributed by atoms with E-state index in [0.717, 1.165) is 6.54 Å². The van der Waals surface area contributed by atoms with Crippen LogP contribution in [0.2, 0.25) is 0 Å². The maximum absolute atomic E-state index is 12.4. The Bertz CT molecular complexity index is 474. The lowest BCUT2D eigenvalue weighted by Crippen LogP contribution is -2.33. The summed E-state index contributed by atoms with van der Waals surface area (Å²) in [7, 11) is 0. The molecule has 0 radical (unpaired) electrons. The van der Waals surface area contributed by atoms with Crippen molar-refractivity contribution >= 4 is 17.2 Å². The summed E-state index contributed by atoms with van der Waals surface area (Å²) >= 11 is 1.66. The fourth-order valence-electron chi connectivity index (χ4n) is 1.90.